The van der Waals surface area contributed by atoms with Crippen molar-refractivity contribution in [2.45, 2.75) is 6.10 Å². The van der Waals surface area contributed by atoms with Crippen molar-refractivity contribution in [3.8, 4) is 0 Å². The Morgan fingerprint density at radius 2 is 2.33 bits per heavy atom. The lowest BCUT2D eigenvalue weighted by Gasteiger charge is -2.06. The van der Waals surface area contributed by atoms with Crippen LogP contribution < -0.4 is 10.4 Å². The Kier molecular flexibility index (Phi) is 3.67. The van der Waals surface area contributed by atoms with Crippen molar-refractivity contribution < 1.29 is 29.0 Å². The van der Waals surface area contributed by atoms with Crippen molar-refractivity contribution >= 4 is 18.0 Å². The monoisotopic (exact) mass is 214 g/mol. The number of hydrogen-bond acceptors (Lipinski definition) is 6. The zero-order chi connectivity index (χ0) is 11.3. The molecule has 0 saturated carbocycles. The summed E-state index contributed by atoms with van der Waals surface area (Å²) in [5.74, 6) is -2.32. The van der Waals surface area contributed by atoms with Crippen LogP contribution in [0.2, 0.25) is 0 Å². The maximum Gasteiger partial charge on any atom is 0.407 e. The molecule has 1 aliphatic heterocycles. The van der Waals surface area contributed by atoms with E-state index in [4.69, 9.17) is 0 Å². The highest BCUT2D eigenvalue weighted by atomic mass is 16.6. The number of cyclic esters (lactones) is 1. The molecule has 1 N–H and O–H groups in total. The van der Waals surface area contributed by atoms with Gasteiger partial charge < -0.3 is 24.7 Å². The molecule has 15 heavy (non-hydrogen) atoms. The van der Waals surface area contributed by atoms with Gasteiger partial charge in [0.2, 0.25) is 0 Å². The second-order valence-corrected chi connectivity index (χ2v) is 2.69. The molecule has 1 aliphatic rings. The summed E-state index contributed by atoms with van der Waals surface area (Å²) in [6.45, 7) is 0.144. The van der Waals surface area contributed by atoms with Gasteiger partial charge in [0.25, 0.3) is 0 Å². The van der Waals surface area contributed by atoms with Crippen LogP contribution in [-0.2, 0) is 19.1 Å². The van der Waals surface area contributed by atoms with Crippen molar-refractivity contribution in [1.29, 1.82) is 0 Å². The van der Waals surface area contributed by atoms with Crippen LogP contribution in [0.4, 0.5) is 4.79 Å². The van der Waals surface area contributed by atoms with Gasteiger partial charge in [-0.05, 0) is 6.08 Å². The fraction of sp³-hybridized carbons (Fsp3) is 0.375. The highest BCUT2D eigenvalue weighted by molar-refractivity contribution is 5.89. The summed E-state index contributed by atoms with van der Waals surface area (Å²) in [6.07, 6.45) is 0.181. The Bertz CT molecular complexity index is 310. The molecule has 1 fully saturated rings. The van der Waals surface area contributed by atoms with E-state index in [9.17, 15) is 19.5 Å². The number of amides is 1. The average molecular weight is 214 g/mol. The molecule has 0 aromatic rings. The number of carbonyl (C=O) groups excluding carboxylic acids is 3. The van der Waals surface area contributed by atoms with Crippen LogP contribution in [-0.4, -0.2) is 37.3 Å². The molecule has 7 nitrogen and oxygen atoms in total. The lowest BCUT2D eigenvalue weighted by atomic mass is 10.4. The number of rotatable bonds is 4. The molecule has 1 atom stereocenters. The molecule has 0 aromatic heterocycles. The minimum Gasteiger partial charge on any atom is -0.545 e. The molecule has 82 valence electrons. The third kappa shape index (κ3) is 4.12. The van der Waals surface area contributed by atoms with E-state index in [2.05, 4.69) is 14.8 Å². The van der Waals surface area contributed by atoms with Crippen LogP contribution in [0.1, 0.15) is 0 Å². The summed E-state index contributed by atoms with van der Waals surface area (Å²) >= 11 is 0. The number of esters is 1. The van der Waals surface area contributed by atoms with Crippen molar-refractivity contribution in [2.24, 2.45) is 0 Å². The Hall–Kier alpha value is -2.05. The summed E-state index contributed by atoms with van der Waals surface area (Å²) in [6, 6.07) is 0. The van der Waals surface area contributed by atoms with E-state index in [-0.39, 0.29) is 13.2 Å². The number of nitrogens with one attached hydrogen (secondary N) is 1. The molecule has 0 aromatic carbocycles. The number of alkyl carbamates (subject to hydrolysis) is 1. The van der Waals surface area contributed by atoms with Crippen LogP contribution in [0, 0.1) is 0 Å². The molecule has 0 unspecified atom stereocenters. The maximum atomic E-state index is 10.8. The second kappa shape index (κ2) is 4.99. The van der Waals surface area contributed by atoms with Crippen molar-refractivity contribution in [3.63, 3.8) is 0 Å². The number of carbonyl (C=O) groups is 3. The molecule has 0 spiro atoms. The molecule has 0 aliphatic carbocycles. The third-order valence-corrected chi connectivity index (χ3v) is 1.51. The van der Waals surface area contributed by atoms with Gasteiger partial charge in [-0.3, -0.25) is 0 Å². The van der Waals surface area contributed by atoms with Gasteiger partial charge in [-0.25, -0.2) is 9.59 Å². The molecule has 7 heteroatoms. The Labute approximate surface area is 84.7 Å². The van der Waals surface area contributed by atoms with Crippen LogP contribution in [0.5, 0.6) is 0 Å². The number of hydrogen-bond donors (Lipinski definition) is 1. The summed E-state index contributed by atoms with van der Waals surface area (Å²) in [5.41, 5.74) is 0. The van der Waals surface area contributed by atoms with Gasteiger partial charge in [0.05, 0.1) is 12.5 Å². The second-order valence-electron chi connectivity index (χ2n) is 2.69. The number of ether oxygens (including phenoxy) is 2. The van der Waals surface area contributed by atoms with Gasteiger partial charge in [0.1, 0.15) is 6.61 Å². The van der Waals surface area contributed by atoms with E-state index in [1.54, 1.807) is 0 Å². The zero-order valence-corrected chi connectivity index (χ0v) is 7.60. The highest BCUT2D eigenvalue weighted by Crippen LogP contribution is 2.00. The van der Waals surface area contributed by atoms with E-state index < -0.39 is 24.1 Å². The van der Waals surface area contributed by atoms with Gasteiger partial charge in [-0.15, -0.1) is 0 Å². The molecule has 0 bridgehead atoms. The third-order valence-electron chi connectivity index (χ3n) is 1.51. The lowest BCUT2D eigenvalue weighted by molar-refractivity contribution is -0.297. The first-order chi connectivity index (χ1) is 7.08. The molecule has 0 radical (unpaired) electrons. The first-order valence-corrected chi connectivity index (χ1v) is 4.08. The van der Waals surface area contributed by atoms with E-state index in [1.807, 2.05) is 0 Å². The molecule has 1 rings (SSSR count). The summed E-state index contributed by atoms with van der Waals surface area (Å²) in [7, 11) is 0. The minimum absolute atomic E-state index is 0.116. The molecule has 1 heterocycles. The SMILES string of the molecule is O=C([O-])/C=C/C(=O)OC[C@H]1CNC(=O)O1. The number of carboxylic acid groups (broad SMARTS) is 1. The Morgan fingerprint density at radius 3 is 2.87 bits per heavy atom. The topological polar surface area (TPSA) is 105 Å². The minimum atomic E-state index is -1.49. The van der Waals surface area contributed by atoms with Gasteiger partial charge in [0.15, 0.2) is 6.10 Å². The standard InChI is InChI=1S/C8H9NO6/c10-6(11)1-2-7(12)14-4-5-3-9-8(13)15-5/h1-2,5H,3-4H2,(H,9,13)(H,10,11)/p-1/b2-1+/t5-/m1/s1. The van der Waals surface area contributed by atoms with Crippen LogP contribution in [0.15, 0.2) is 12.2 Å². The molecular weight excluding hydrogens is 206 g/mol. The Balaban J connectivity index is 2.22. The van der Waals surface area contributed by atoms with Gasteiger partial charge in [-0.1, -0.05) is 0 Å². The van der Waals surface area contributed by atoms with Crippen molar-refractivity contribution in [2.75, 3.05) is 13.2 Å². The summed E-state index contributed by atoms with van der Waals surface area (Å²) < 4.78 is 9.25. The predicted molar refractivity (Wildman–Crippen MR) is 43.4 cm³/mol. The van der Waals surface area contributed by atoms with Gasteiger partial charge >= 0.3 is 12.1 Å². The van der Waals surface area contributed by atoms with E-state index >= 15 is 0 Å². The van der Waals surface area contributed by atoms with E-state index in [1.165, 1.54) is 0 Å². The fourth-order valence-electron chi connectivity index (χ4n) is 0.884. The molecule has 1 saturated heterocycles. The normalized spacial score (nSPS) is 19.7. The van der Waals surface area contributed by atoms with Crippen LogP contribution in [0.25, 0.3) is 0 Å². The van der Waals surface area contributed by atoms with Gasteiger partial charge in [0, 0.05) is 6.08 Å². The fourth-order valence-corrected chi connectivity index (χ4v) is 0.884. The smallest absolute Gasteiger partial charge is 0.407 e. The zero-order valence-electron chi connectivity index (χ0n) is 7.60. The first kappa shape index (κ1) is 11.0. The number of aliphatic carboxylic acids is 1. The largest absolute Gasteiger partial charge is 0.545 e. The highest BCUT2D eigenvalue weighted by Gasteiger charge is 2.23. The first-order valence-electron chi connectivity index (χ1n) is 4.08. The van der Waals surface area contributed by atoms with Crippen molar-refractivity contribution in [3.05, 3.63) is 12.2 Å². The maximum absolute atomic E-state index is 10.8. The predicted octanol–water partition coefficient (Wildman–Crippen LogP) is -2.06. The van der Waals surface area contributed by atoms with E-state index in [0.717, 1.165) is 6.08 Å². The number of carboxylic acids is 1. The van der Waals surface area contributed by atoms with Crippen LogP contribution >= 0.6 is 0 Å². The van der Waals surface area contributed by atoms with Gasteiger partial charge in [-0.2, -0.15) is 0 Å². The molecule has 1 amide bonds. The molecular formula is C8H8NO6-. The summed E-state index contributed by atoms with van der Waals surface area (Å²) in [5, 5.41) is 12.3. The quantitative estimate of drug-likeness (QED) is 0.426. The average Bonchev–Trinajstić information content (AvgIpc) is 2.58. The lowest BCUT2D eigenvalue weighted by Crippen LogP contribution is -2.22. The van der Waals surface area contributed by atoms with E-state index in [0.29, 0.717) is 6.08 Å². The van der Waals surface area contributed by atoms with Crippen molar-refractivity contribution in [1.82, 2.24) is 5.32 Å². The Morgan fingerprint density at radius 1 is 1.60 bits per heavy atom. The summed E-state index contributed by atoms with van der Waals surface area (Å²) in [4.78, 5) is 31.3. The van der Waals surface area contributed by atoms with Crippen LogP contribution in [0.3, 0.4) is 0 Å².